The third kappa shape index (κ3) is 1.37. The highest BCUT2D eigenvalue weighted by atomic mass is 79.9. The smallest absolute Gasteiger partial charge is 0.173 e. The van der Waals surface area contributed by atoms with Gasteiger partial charge >= 0.3 is 0 Å². The Morgan fingerprint density at radius 3 is 3.11 bits per heavy atom. The Hall–Kier alpha value is -1.34. The number of nitrogens with zero attached hydrogens (tertiary/aromatic N) is 4. The molecular formula is C11H13BrN6. The van der Waals surface area contributed by atoms with Gasteiger partial charge in [0, 0.05) is 31.2 Å². The maximum atomic E-state index is 6.03. The van der Waals surface area contributed by atoms with Gasteiger partial charge in [-0.15, -0.1) is 0 Å². The van der Waals surface area contributed by atoms with Crippen LogP contribution in [0.3, 0.4) is 0 Å². The van der Waals surface area contributed by atoms with E-state index in [1.165, 1.54) is 6.42 Å². The molecule has 2 aliphatic rings. The second-order valence-corrected chi connectivity index (χ2v) is 5.77. The van der Waals surface area contributed by atoms with Gasteiger partial charge in [-0.25, -0.2) is 4.98 Å². The third-order valence-electron chi connectivity index (χ3n) is 3.79. The van der Waals surface area contributed by atoms with Crippen molar-refractivity contribution >= 4 is 33.2 Å². The first-order valence-electron chi connectivity index (χ1n) is 6.02. The minimum Gasteiger partial charge on any atom is -0.383 e. The van der Waals surface area contributed by atoms with E-state index in [0.717, 1.165) is 29.0 Å². The fraction of sp³-hybridized carbons (Fsp3) is 0.455. The predicted octanol–water partition coefficient (Wildman–Crippen LogP) is 0.625. The molecule has 2 aliphatic heterocycles. The highest BCUT2D eigenvalue weighted by Gasteiger charge is 2.38. The van der Waals surface area contributed by atoms with Crippen molar-refractivity contribution in [3.8, 4) is 0 Å². The predicted molar refractivity (Wildman–Crippen MR) is 72.6 cm³/mol. The molecule has 0 saturated carbocycles. The van der Waals surface area contributed by atoms with Gasteiger partial charge < -0.3 is 16.0 Å². The lowest BCUT2D eigenvalue weighted by atomic mass is 10.2. The Bertz CT molecular complexity index is 623. The summed E-state index contributed by atoms with van der Waals surface area (Å²) in [5.41, 5.74) is 6.81. The summed E-state index contributed by atoms with van der Waals surface area (Å²) in [7, 11) is 0. The summed E-state index contributed by atoms with van der Waals surface area (Å²) in [5.74, 6) is 1.58. The Balaban J connectivity index is 1.83. The van der Waals surface area contributed by atoms with Crippen LogP contribution in [0.25, 0.3) is 5.65 Å². The number of hydrogen-bond acceptors (Lipinski definition) is 5. The largest absolute Gasteiger partial charge is 0.383 e. The van der Waals surface area contributed by atoms with Crippen molar-refractivity contribution in [1.29, 1.82) is 0 Å². The maximum absolute atomic E-state index is 6.03. The van der Waals surface area contributed by atoms with Crippen molar-refractivity contribution in [3.63, 3.8) is 0 Å². The Kier molecular flexibility index (Phi) is 2.10. The lowest BCUT2D eigenvalue weighted by Gasteiger charge is -2.28. The summed E-state index contributed by atoms with van der Waals surface area (Å²) in [5, 5.41) is 7.67. The second-order valence-electron chi connectivity index (χ2n) is 4.91. The normalized spacial score (nSPS) is 26.4. The average molecular weight is 309 g/mol. The van der Waals surface area contributed by atoms with Gasteiger partial charge in [0.25, 0.3) is 0 Å². The van der Waals surface area contributed by atoms with E-state index in [-0.39, 0.29) is 0 Å². The summed E-state index contributed by atoms with van der Waals surface area (Å²) < 4.78 is 2.53. The van der Waals surface area contributed by atoms with Gasteiger partial charge in [0.15, 0.2) is 5.65 Å². The lowest BCUT2D eigenvalue weighted by molar-refractivity contribution is 0.576. The van der Waals surface area contributed by atoms with E-state index in [9.17, 15) is 0 Å². The van der Waals surface area contributed by atoms with Crippen LogP contribution in [-0.2, 0) is 0 Å². The molecule has 2 aromatic heterocycles. The van der Waals surface area contributed by atoms with Crippen molar-refractivity contribution in [2.24, 2.45) is 0 Å². The van der Waals surface area contributed by atoms with Gasteiger partial charge in [-0.3, -0.25) is 0 Å². The summed E-state index contributed by atoms with van der Waals surface area (Å²) in [6.07, 6.45) is 2.92. The molecule has 0 amide bonds. The molecule has 94 valence electrons. The topological polar surface area (TPSA) is 71.5 Å². The minimum atomic E-state index is 0.547. The second kappa shape index (κ2) is 3.58. The van der Waals surface area contributed by atoms with Crippen LogP contribution < -0.4 is 16.0 Å². The molecule has 2 bridgehead atoms. The molecule has 0 spiro atoms. The average Bonchev–Trinajstić information content (AvgIpc) is 3.05. The number of anilines is 2. The quantitative estimate of drug-likeness (QED) is 0.808. The van der Waals surface area contributed by atoms with Crippen LogP contribution in [0, 0.1) is 0 Å². The van der Waals surface area contributed by atoms with Crippen molar-refractivity contribution in [1.82, 2.24) is 19.9 Å². The minimum absolute atomic E-state index is 0.547. The summed E-state index contributed by atoms with van der Waals surface area (Å²) >= 11 is 3.45. The Labute approximate surface area is 112 Å². The highest BCUT2D eigenvalue weighted by molar-refractivity contribution is 9.10. The molecule has 0 aromatic carbocycles. The fourth-order valence-electron chi connectivity index (χ4n) is 2.93. The molecule has 2 saturated heterocycles. The van der Waals surface area contributed by atoms with E-state index in [1.807, 2.05) is 6.07 Å². The first-order chi connectivity index (χ1) is 8.72. The van der Waals surface area contributed by atoms with Gasteiger partial charge in [0.05, 0.1) is 10.7 Å². The van der Waals surface area contributed by atoms with Gasteiger partial charge in [0.1, 0.15) is 11.6 Å². The molecule has 3 N–H and O–H groups in total. The Morgan fingerprint density at radius 2 is 2.39 bits per heavy atom. The zero-order valence-corrected chi connectivity index (χ0v) is 11.3. The zero-order chi connectivity index (χ0) is 12.3. The van der Waals surface area contributed by atoms with E-state index < -0.39 is 0 Å². The van der Waals surface area contributed by atoms with Crippen LogP contribution in [0.5, 0.6) is 0 Å². The van der Waals surface area contributed by atoms with E-state index >= 15 is 0 Å². The fourth-order valence-corrected chi connectivity index (χ4v) is 3.28. The number of nitrogens with two attached hydrogens (primary N) is 1. The third-order valence-corrected chi connectivity index (χ3v) is 4.35. The van der Waals surface area contributed by atoms with Gasteiger partial charge in [-0.05, 0) is 22.4 Å². The molecule has 4 rings (SSSR count). The molecule has 0 unspecified atom stereocenters. The standard InChI is InChI=1S/C11H13BrN6/c12-8-4-15-18-9(13)2-10(16-11(8)18)17-5-6-1-7(17)3-14-6/h2,4,6-7,14H,1,3,5,13H2/t6-,7-/m0/s1. The van der Waals surface area contributed by atoms with E-state index in [4.69, 9.17) is 5.73 Å². The van der Waals surface area contributed by atoms with E-state index in [2.05, 4.69) is 36.2 Å². The number of nitrogen functional groups attached to an aromatic ring is 1. The van der Waals surface area contributed by atoms with Crippen LogP contribution in [0.2, 0.25) is 0 Å². The Morgan fingerprint density at radius 1 is 1.50 bits per heavy atom. The molecule has 18 heavy (non-hydrogen) atoms. The van der Waals surface area contributed by atoms with Crippen LogP contribution in [0.4, 0.5) is 11.6 Å². The molecule has 0 radical (unpaired) electrons. The molecule has 2 aromatic rings. The number of rotatable bonds is 1. The summed E-state index contributed by atoms with van der Waals surface area (Å²) in [6, 6.07) is 3.06. The molecule has 7 heteroatoms. The summed E-state index contributed by atoms with van der Waals surface area (Å²) in [4.78, 5) is 7.01. The number of halogens is 1. The monoisotopic (exact) mass is 308 g/mol. The van der Waals surface area contributed by atoms with Crippen LogP contribution in [0.1, 0.15) is 6.42 Å². The van der Waals surface area contributed by atoms with Gasteiger partial charge in [-0.1, -0.05) is 0 Å². The van der Waals surface area contributed by atoms with Crippen LogP contribution in [0.15, 0.2) is 16.7 Å². The number of fused-ring (bicyclic) bond motifs is 3. The lowest BCUT2D eigenvalue weighted by Crippen LogP contribution is -2.44. The molecule has 4 heterocycles. The first-order valence-corrected chi connectivity index (χ1v) is 6.81. The van der Waals surface area contributed by atoms with E-state index in [0.29, 0.717) is 17.9 Å². The number of aromatic nitrogens is 3. The summed E-state index contributed by atoms with van der Waals surface area (Å²) in [6.45, 7) is 2.05. The van der Waals surface area contributed by atoms with Crippen LogP contribution in [-0.4, -0.2) is 39.8 Å². The first kappa shape index (κ1) is 10.6. The maximum Gasteiger partial charge on any atom is 0.173 e. The molecular weight excluding hydrogens is 296 g/mol. The van der Waals surface area contributed by atoms with E-state index in [1.54, 1.807) is 10.7 Å². The number of piperazine rings is 1. The van der Waals surface area contributed by atoms with Gasteiger partial charge in [-0.2, -0.15) is 9.61 Å². The van der Waals surface area contributed by atoms with Gasteiger partial charge in [0.2, 0.25) is 0 Å². The SMILES string of the molecule is Nc1cc(N2C[C@@H]3C[C@H]2CN3)nc2c(Br)cnn12. The zero-order valence-electron chi connectivity index (χ0n) is 9.67. The number of hydrogen-bond donors (Lipinski definition) is 2. The van der Waals surface area contributed by atoms with Crippen molar-refractivity contribution in [3.05, 3.63) is 16.7 Å². The molecule has 6 nitrogen and oxygen atoms in total. The highest BCUT2D eigenvalue weighted by Crippen LogP contribution is 2.30. The molecule has 2 fully saturated rings. The van der Waals surface area contributed by atoms with Crippen molar-refractivity contribution in [2.75, 3.05) is 23.7 Å². The molecule has 2 atom stereocenters. The molecule has 0 aliphatic carbocycles. The number of nitrogens with one attached hydrogen (secondary N) is 1. The van der Waals surface area contributed by atoms with Crippen molar-refractivity contribution in [2.45, 2.75) is 18.5 Å². The van der Waals surface area contributed by atoms with Crippen LogP contribution >= 0.6 is 15.9 Å². The van der Waals surface area contributed by atoms with Crippen molar-refractivity contribution < 1.29 is 0 Å².